The van der Waals surface area contributed by atoms with Crippen molar-refractivity contribution in [2.24, 2.45) is 11.8 Å². The molecule has 8 rings (SSSR count). The Morgan fingerprint density at radius 1 is 0.644 bits per heavy atom. The Bertz CT molecular complexity index is 1540. The van der Waals surface area contributed by atoms with Crippen LogP contribution in [0.3, 0.4) is 0 Å². The molecule has 4 aliphatic heterocycles. The molecule has 45 heavy (non-hydrogen) atoms. The van der Waals surface area contributed by atoms with Crippen molar-refractivity contribution in [1.29, 1.82) is 0 Å². The summed E-state index contributed by atoms with van der Waals surface area (Å²) in [7, 11) is 0. The van der Waals surface area contributed by atoms with Gasteiger partial charge in [0.1, 0.15) is 0 Å². The van der Waals surface area contributed by atoms with Crippen LogP contribution < -0.4 is 4.46 Å². The Kier molecular flexibility index (Phi) is 8.29. The fourth-order valence-electron chi connectivity index (χ4n) is 6.98. The molecule has 0 spiro atoms. The van der Waals surface area contributed by atoms with Crippen molar-refractivity contribution >= 4 is 25.4 Å². The van der Waals surface area contributed by atoms with Crippen LogP contribution in [0.5, 0.6) is 0 Å². The van der Waals surface area contributed by atoms with E-state index in [9.17, 15) is 4.79 Å². The van der Waals surface area contributed by atoms with E-state index in [-0.39, 0.29) is 56.1 Å². The van der Waals surface area contributed by atoms with Gasteiger partial charge in [-0.1, -0.05) is 0 Å². The molecule has 2 unspecified atom stereocenters. The first-order valence-electron chi connectivity index (χ1n) is 15.6. The van der Waals surface area contributed by atoms with Crippen molar-refractivity contribution in [2.75, 3.05) is 13.2 Å². The Morgan fingerprint density at radius 2 is 1.16 bits per heavy atom. The van der Waals surface area contributed by atoms with E-state index < -0.39 is 12.6 Å². The molecule has 8 heteroatoms. The van der Waals surface area contributed by atoms with Crippen molar-refractivity contribution in [3.05, 3.63) is 138 Å². The summed E-state index contributed by atoms with van der Waals surface area (Å²) in [6.07, 6.45) is -1.09. The van der Waals surface area contributed by atoms with Crippen molar-refractivity contribution in [1.82, 2.24) is 4.90 Å². The second kappa shape index (κ2) is 12.8. The summed E-state index contributed by atoms with van der Waals surface area (Å²) in [6, 6.07) is 39.0. The number of rotatable bonds is 7. The molecule has 4 fully saturated rings. The van der Waals surface area contributed by atoms with E-state index in [0.29, 0.717) is 26.2 Å². The van der Waals surface area contributed by atoms with Gasteiger partial charge in [0.15, 0.2) is 0 Å². The molecular weight excluding hydrogens is 633 g/mol. The third-order valence-electron chi connectivity index (χ3n) is 9.18. The molecule has 4 heterocycles. The van der Waals surface area contributed by atoms with Crippen molar-refractivity contribution in [3.8, 4) is 0 Å². The SMILES string of the molecule is O=C1C[C@@H]([Se]c2ccccc2CN2[C@H]3OC(c4ccccc4)OC[C@H]3[C@@H]3COC(c4ccccc4)O[C@@H]32)[C@H](c2ccccc2)O1. The fourth-order valence-corrected chi connectivity index (χ4v) is 9.76. The summed E-state index contributed by atoms with van der Waals surface area (Å²) in [5.41, 5.74) is 4.29. The average Bonchev–Trinajstić information content (AvgIpc) is 3.62. The maximum absolute atomic E-state index is 12.5. The van der Waals surface area contributed by atoms with Crippen LogP contribution in [0.15, 0.2) is 115 Å². The first-order valence-corrected chi connectivity index (χ1v) is 17.4. The van der Waals surface area contributed by atoms with Crippen LogP contribution in [0, 0.1) is 11.8 Å². The molecule has 0 radical (unpaired) electrons. The van der Waals surface area contributed by atoms with Gasteiger partial charge in [0.25, 0.3) is 0 Å². The van der Waals surface area contributed by atoms with Crippen LogP contribution in [0.2, 0.25) is 4.82 Å². The normalized spacial score (nSPS) is 31.2. The standard InChI is InChI=1S/C37H35NO6Se/c39-32-20-31(33(42-32)24-12-4-1-5-13-24)45-30-19-11-10-18-27(30)21-38-34-28(22-40-36(43-34)25-14-6-2-7-15-25)29-23-41-37(44-35(29)38)26-16-8-3-9-17-26/h1-19,28-29,31,33-37H,20-23H2/t28-,29-,31+,33-,34-,35-,36?,37?/m0/s1. The molecule has 0 saturated carbocycles. The van der Waals surface area contributed by atoms with Gasteiger partial charge in [-0.25, -0.2) is 0 Å². The zero-order valence-corrected chi connectivity index (χ0v) is 26.4. The van der Waals surface area contributed by atoms with Crippen LogP contribution in [-0.4, -0.2) is 51.5 Å². The van der Waals surface area contributed by atoms with Gasteiger partial charge in [-0.15, -0.1) is 0 Å². The van der Waals surface area contributed by atoms with Gasteiger partial charge in [-0.3, -0.25) is 0 Å². The maximum atomic E-state index is 12.5. The Balaban J connectivity index is 1.09. The van der Waals surface area contributed by atoms with Crippen LogP contribution in [0.1, 0.15) is 47.4 Å². The summed E-state index contributed by atoms with van der Waals surface area (Å²) in [5, 5.41) is 0. The van der Waals surface area contributed by atoms with E-state index in [1.807, 2.05) is 78.9 Å². The van der Waals surface area contributed by atoms with Gasteiger partial charge in [0, 0.05) is 0 Å². The molecule has 0 amide bonds. The molecule has 4 aromatic rings. The monoisotopic (exact) mass is 669 g/mol. The summed E-state index contributed by atoms with van der Waals surface area (Å²) >= 11 is 0.00794. The molecule has 8 atom stereocenters. The third-order valence-corrected chi connectivity index (χ3v) is 12.1. The minimum absolute atomic E-state index is 0.00794. The molecule has 230 valence electrons. The van der Waals surface area contributed by atoms with Crippen LogP contribution >= 0.6 is 0 Å². The number of hydrogen-bond donors (Lipinski definition) is 0. The molecule has 7 nitrogen and oxygen atoms in total. The zero-order valence-electron chi connectivity index (χ0n) is 24.7. The van der Waals surface area contributed by atoms with E-state index in [2.05, 4.69) is 41.3 Å². The summed E-state index contributed by atoms with van der Waals surface area (Å²) in [6.45, 7) is 1.79. The number of cyclic esters (lactones) is 1. The molecule has 4 aliphatic rings. The molecule has 4 saturated heterocycles. The second-order valence-electron chi connectivity index (χ2n) is 12.0. The van der Waals surface area contributed by atoms with Crippen molar-refractivity contribution < 1.29 is 28.5 Å². The summed E-state index contributed by atoms with van der Waals surface area (Å²) in [4.78, 5) is 15.0. The fraction of sp³-hybridized carbons (Fsp3) is 0.324. The number of ether oxygens (including phenoxy) is 5. The van der Waals surface area contributed by atoms with Gasteiger partial charge in [-0.05, 0) is 0 Å². The number of fused-ring (bicyclic) bond motifs is 3. The molecule has 4 aromatic carbocycles. The molecule has 0 aromatic heterocycles. The van der Waals surface area contributed by atoms with Crippen molar-refractivity contribution in [2.45, 2.75) is 48.9 Å². The summed E-state index contributed by atoms with van der Waals surface area (Å²) in [5.74, 6) is 0.0869. The molecule has 0 aliphatic carbocycles. The number of esters is 1. The third kappa shape index (κ3) is 5.88. The Morgan fingerprint density at radius 3 is 1.73 bits per heavy atom. The minimum atomic E-state index is -0.450. The van der Waals surface area contributed by atoms with Gasteiger partial charge < -0.3 is 0 Å². The molecule has 0 N–H and O–H groups in total. The van der Waals surface area contributed by atoms with E-state index in [1.54, 1.807) is 0 Å². The number of carbonyl (C=O) groups excluding carboxylic acids is 1. The van der Waals surface area contributed by atoms with Gasteiger partial charge in [0.05, 0.1) is 0 Å². The Labute approximate surface area is 269 Å². The number of nitrogens with zero attached hydrogens (tertiary/aromatic N) is 1. The number of carbonyl (C=O) groups is 1. The van der Waals surface area contributed by atoms with Gasteiger partial charge in [0.2, 0.25) is 0 Å². The quantitative estimate of drug-likeness (QED) is 0.186. The number of hydrogen-bond acceptors (Lipinski definition) is 7. The van der Waals surface area contributed by atoms with Crippen LogP contribution in [0.4, 0.5) is 0 Å². The van der Waals surface area contributed by atoms with E-state index in [0.717, 1.165) is 16.7 Å². The number of likely N-dealkylation sites (tertiary alicyclic amines) is 1. The van der Waals surface area contributed by atoms with Gasteiger partial charge in [-0.2, -0.15) is 0 Å². The van der Waals surface area contributed by atoms with E-state index >= 15 is 0 Å². The van der Waals surface area contributed by atoms with Crippen LogP contribution in [0.25, 0.3) is 0 Å². The molecular formula is C37H35NO6Se. The van der Waals surface area contributed by atoms with Crippen LogP contribution in [-0.2, 0) is 35.0 Å². The number of benzene rings is 4. The second-order valence-corrected chi connectivity index (χ2v) is 14.7. The first-order chi connectivity index (χ1) is 22.2. The van der Waals surface area contributed by atoms with Gasteiger partial charge >= 0.3 is 270 Å². The first kappa shape index (κ1) is 29.1. The average molecular weight is 669 g/mol. The summed E-state index contributed by atoms with van der Waals surface area (Å²) < 4.78 is 33.3. The van der Waals surface area contributed by atoms with Crippen molar-refractivity contribution in [3.63, 3.8) is 0 Å². The van der Waals surface area contributed by atoms with E-state index in [4.69, 9.17) is 23.7 Å². The predicted octanol–water partition coefficient (Wildman–Crippen LogP) is 5.68. The van der Waals surface area contributed by atoms with E-state index in [1.165, 1.54) is 10.0 Å². The zero-order chi connectivity index (χ0) is 30.2. The Hall–Kier alpha value is -3.33. The predicted molar refractivity (Wildman–Crippen MR) is 168 cm³/mol. The molecule has 0 bridgehead atoms. The topological polar surface area (TPSA) is 66.5 Å².